The van der Waals surface area contributed by atoms with Crippen molar-refractivity contribution in [2.45, 2.75) is 37.6 Å². The first-order chi connectivity index (χ1) is 12.2. The van der Waals surface area contributed by atoms with Gasteiger partial charge < -0.3 is 14.6 Å². The summed E-state index contributed by atoms with van der Waals surface area (Å²) in [5.74, 6) is -0.505. The molecule has 1 saturated heterocycles. The molecule has 0 saturated carbocycles. The third-order valence-electron chi connectivity index (χ3n) is 4.81. The van der Waals surface area contributed by atoms with Crippen molar-refractivity contribution in [3.8, 4) is 11.4 Å². The van der Waals surface area contributed by atoms with Crippen molar-refractivity contribution in [3.63, 3.8) is 0 Å². The lowest BCUT2D eigenvalue weighted by molar-refractivity contribution is -0.250. The minimum Gasteiger partial charge on any atom is -0.373 e. The lowest BCUT2D eigenvalue weighted by Gasteiger charge is -2.37. The molecule has 140 valence electrons. The zero-order valence-electron chi connectivity index (χ0n) is 14.3. The van der Waals surface area contributed by atoms with Crippen LogP contribution in [0.3, 0.4) is 0 Å². The first-order valence-electron chi connectivity index (χ1n) is 8.38. The number of aliphatic hydroxyl groups is 1. The molecule has 1 amide bonds. The fourth-order valence-electron chi connectivity index (χ4n) is 3.19. The van der Waals surface area contributed by atoms with E-state index in [1.807, 2.05) is 41.1 Å². The molecular formula is C18H20F3N3O2. The van der Waals surface area contributed by atoms with Crippen LogP contribution in [0.4, 0.5) is 13.2 Å². The SMILES string of the molecule is CC(O)(C(=O)N1CCC(n2ccnc2-c2ccccc2)CC1)C(F)(F)F. The van der Waals surface area contributed by atoms with E-state index in [1.54, 1.807) is 6.20 Å². The lowest BCUT2D eigenvalue weighted by Crippen LogP contribution is -2.57. The highest BCUT2D eigenvalue weighted by molar-refractivity contribution is 5.85. The van der Waals surface area contributed by atoms with E-state index in [4.69, 9.17) is 0 Å². The highest BCUT2D eigenvalue weighted by Crippen LogP contribution is 2.34. The second kappa shape index (κ2) is 6.75. The average Bonchev–Trinajstić information content (AvgIpc) is 3.10. The van der Waals surface area contributed by atoms with Gasteiger partial charge in [-0.25, -0.2) is 4.98 Å². The Labute approximate surface area is 149 Å². The Hall–Kier alpha value is -2.35. The van der Waals surface area contributed by atoms with Crippen molar-refractivity contribution in [2.75, 3.05) is 13.1 Å². The standard InChI is InChI=1S/C18H20F3N3O2/c1-17(26,18(19,20)21)16(25)23-10-7-14(8-11-23)24-12-9-22-15(24)13-5-3-2-4-6-13/h2-6,9,12,14,26H,7-8,10-11H2,1H3. The van der Waals surface area contributed by atoms with Gasteiger partial charge in [-0.15, -0.1) is 0 Å². The Morgan fingerprint density at radius 2 is 1.81 bits per heavy atom. The van der Waals surface area contributed by atoms with Crippen molar-refractivity contribution in [3.05, 3.63) is 42.7 Å². The van der Waals surface area contributed by atoms with Crippen LogP contribution in [-0.2, 0) is 4.79 Å². The van der Waals surface area contributed by atoms with Gasteiger partial charge in [-0.2, -0.15) is 13.2 Å². The normalized spacial score (nSPS) is 18.6. The van der Waals surface area contributed by atoms with Gasteiger partial charge in [0.15, 0.2) is 0 Å². The molecule has 0 aliphatic carbocycles. The minimum atomic E-state index is -4.99. The molecule has 1 aliphatic rings. The van der Waals surface area contributed by atoms with Crippen LogP contribution in [-0.4, -0.2) is 50.3 Å². The summed E-state index contributed by atoms with van der Waals surface area (Å²) in [5, 5.41) is 9.58. The summed E-state index contributed by atoms with van der Waals surface area (Å²) in [6.45, 7) is 0.815. The number of piperidine rings is 1. The number of alkyl halides is 3. The molecule has 0 spiro atoms. The molecule has 2 aromatic rings. The molecule has 1 N–H and O–H groups in total. The molecule has 0 radical (unpaired) electrons. The number of carbonyl (C=O) groups excluding carboxylic acids is 1. The van der Waals surface area contributed by atoms with Crippen LogP contribution in [0.15, 0.2) is 42.7 Å². The number of nitrogens with zero attached hydrogens (tertiary/aromatic N) is 3. The van der Waals surface area contributed by atoms with Gasteiger partial charge in [-0.1, -0.05) is 30.3 Å². The summed E-state index contributed by atoms with van der Waals surface area (Å²) >= 11 is 0. The number of likely N-dealkylation sites (tertiary alicyclic amines) is 1. The molecule has 0 bridgehead atoms. The molecule has 3 rings (SSSR count). The predicted octanol–water partition coefficient (Wildman–Crippen LogP) is 3.03. The molecule has 1 atom stereocenters. The van der Waals surface area contributed by atoms with Crippen LogP contribution in [0.2, 0.25) is 0 Å². The highest BCUT2D eigenvalue weighted by Gasteiger charge is 2.57. The van der Waals surface area contributed by atoms with Gasteiger partial charge in [0.1, 0.15) is 5.82 Å². The van der Waals surface area contributed by atoms with E-state index in [2.05, 4.69) is 4.98 Å². The number of halogens is 3. The summed E-state index contributed by atoms with van der Waals surface area (Å²) in [6, 6.07) is 9.65. The van der Waals surface area contributed by atoms with Crippen LogP contribution in [0.5, 0.6) is 0 Å². The summed E-state index contributed by atoms with van der Waals surface area (Å²) < 4.78 is 40.6. The second-order valence-corrected chi connectivity index (χ2v) is 6.62. The number of amides is 1. The molecule has 2 heterocycles. The quantitative estimate of drug-likeness (QED) is 0.907. The van der Waals surface area contributed by atoms with E-state index in [-0.39, 0.29) is 19.1 Å². The van der Waals surface area contributed by atoms with E-state index in [0.717, 1.165) is 16.3 Å². The van der Waals surface area contributed by atoms with Crippen LogP contribution < -0.4 is 0 Å². The Kier molecular flexibility index (Phi) is 4.79. The predicted molar refractivity (Wildman–Crippen MR) is 89.2 cm³/mol. The second-order valence-electron chi connectivity index (χ2n) is 6.62. The first kappa shape index (κ1) is 18.4. The van der Waals surface area contributed by atoms with E-state index in [1.165, 1.54) is 0 Å². The summed E-state index contributed by atoms with van der Waals surface area (Å²) in [7, 11) is 0. The van der Waals surface area contributed by atoms with Gasteiger partial charge in [0.2, 0.25) is 5.60 Å². The topological polar surface area (TPSA) is 58.4 Å². The third-order valence-corrected chi connectivity index (χ3v) is 4.81. The first-order valence-corrected chi connectivity index (χ1v) is 8.38. The molecule has 1 unspecified atom stereocenters. The van der Waals surface area contributed by atoms with E-state index >= 15 is 0 Å². The molecule has 1 aromatic heterocycles. The fourth-order valence-corrected chi connectivity index (χ4v) is 3.19. The van der Waals surface area contributed by atoms with Crippen molar-refractivity contribution < 1.29 is 23.1 Å². The largest absolute Gasteiger partial charge is 0.426 e. The van der Waals surface area contributed by atoms with E-state index in [9.17, 15) is 23.1 Å². The Bertz CT molecular complexity index is 763. The van der Waals surface area contributed by atoms with E-state index in [0.29, 0.717) is 19.8 Å². The van der Waals surface area contributed by atoms with Crippen molar-refractivity contribution >= 4 is 5.91 Å². The molecular weight excluding hydrogens is 347 g/mol. The molecule has 26 heavy (non-hydrogen) atoms. The fraction of sp³-hybridized carbons (Fsp3) is 0.444. The lowest BCUT2D eigenvalue weighted by atomic mass is 9.99. The van der Waals surface area contributed by atoms with E-state index < -0.39 is 17.7 Å². The number of hydrogen-bond acceptors (Lipinski definition) is 3. The van der Waals surface area contributed by atoms with Gasteiger partial charge in [0, 0.05) is 37.1 Å². The van der Waals surface area contributed by atoms with Crippen LogP contribution >= 0.6 is 0 Å². The Balaban J connectivity index is 1.71. The molecule has 1 aliphatic heterocycles. The number of aromatic nitrogens is 2. The summed E-state index contributed by atoms with van der Waals surface area (Å²) in [6.07, 6.45) is -0.470. The monoisotopic (exact) mass is 367 g/mol. The zero-order chi connectivity index (χ0) is 18.9. The van der Waals surface area contributed by atoms with Crippen LogP contribution in [0.25, 0.3) is 11.4 Å². The van der Waals surface area contributed by atoms with Gasteiger partial charge in [-0.3, -0.25) is 4.79 Å². The smallest absolute Gasteiger partial charge is 0.373 e. The van der Waals surface area contributed by atoms with Gasteiger partial charge in [0.25, 0.3) is 5.91 Å². The zero-order valence-corrected chi connectivity index (χ0v) is 14.3. The van der Waals surface area contributed by atoms with Crippen LogP contribution in [0, 0.1) is 0 Å². The highest BCUT2D eigenvalue weighted by atomic mass is 19.4. The molecule has 1 fully saturated rings. The van der Waals surface area contributed by atoms with Gasteiger partial charge >= 0.3 is 6.18 Å². The minimum absolute atomic E-state index is 0.0348. The summed E-state index contributed by atoms with van der Waals surface area (Å²) in [5.41, 5.74) is -2.40. The molecule has 5 nitrogen and oxygen atoms in total. The number of hydrogen-bond donors (Lipinski definition) is 1. The average molecular weight is 367 g/mol. The number of rotatable bonds is 3. The van der Waals surface area contributed by atoms with Gasteiger partial charge in [0.05, 0.1) is 0 Å². The number of imidazole rings is 1. The van der Waals surface area contributed by atoms with Crippen molar-refractivity contribution in [1.82, 2.24) is 14.5 Å². The third kappa shape index (κ3) is 3.33. The van der Waals surface area contributed by atoms with Crippen molar-refractivity contribution in [2.24, 2.45) is 0 Å². The summed E-state index contributed by atoms with van der Waals surface area (Å²) in [4.78, 5) is 17.6. The Morgan fingerprint density at radius 3 is 2.38 bits per heavy atom. The number of carbonyl (C=O) groups is 1. The van der Waals surface area contributed by atoms with Gasteiger partial charge in [-0.05, 0) is 19.8 Å². The molecule has 8 heteroatoms. The maximum absolute atomic E-state index is 12.9. The van der Waals surface area contributed by atoms with Crippen LogP contribution in [0.1, 0.15) is 25.8 Å². The number of benzene rings is 1. The maximum Gasteiger partial charge on any atom is 0.426 e. The Morgan fingerprint density at radius 1 is 1.19 bits per heavy atom. The maximum atomic E-state index is 12.9. The molecule has 1 aromatic carbocycles. The van der Waals surface area contributed by atoms with Crippen molar-refractivity contribution in [1.29, 1.82) is 0 Å².